The Hall–Kier alpha value is -2.65. The molecule has 2 aromatic carbocycles. The van der Waals surface area contributed by atoms with Crippen LogP contribution in [0.4, 0.5) is 0 Å². The highest BCUT2D eigenvalue weighted by molar-refractivity contribution is 7.90. The Balaban J connectivity index is 2.25. The first kappa shape index (κ1) is 15.7. The number of rotatable bonds is 3. The first-order valence-electron chi connectivity index (χ1n) is 6.48. The number of amides is 1. The average Bonchev–Trinajstić information content (AvgIpc) is 2.49. The van der Waals surface area contributed by atoms with E-state index in [4.69, 9.17) is 5.26 Å². The normalized spacial score (nSPS) is 10.8. The van der Waals surface area contributed by atoms with Gasteiger partial charge in [-0.15, -0.1) is 0 Å². The largest absolute Gasteiger partial charge is 0.268 e. The second-order valence-corrected chi connectivity index (χ2v) is 6.55. The van der Waals surface area contributed by atoms with Gasteiger partial charge in [-0.1, -0.05) is 6.07 Å². The summed E-state index contributed by atoms with van der Waals surface area (Å²) in [5.41, 5.74) is 2.37. The van der Waals surface area contributed by atoms with E-state index in [-0.39, 0.29) is 10.5 Å². The van der Waals surface area contributed by atoms with E-state index in [0.717, 1.165) is 11.1 Å². The smallest absolute Gasteiger partial charge is 0.264 e. The fourth-order valence-electron chi connectivity index (χ4n) is 1.82. The molecule has 1 N–H and O–H groups in total. The van der Waals surface area contributed by atoms with Crippen LogP contribution in [0.5, 0.6) is 0 Å². The fraction of sp³-hybridized carbons (Fsp3) is 0.125. The molecule has 0 radical (unpaired) electrons. The molecule has 0 aliphatic carbocycles. The molecule has 22 heavy (non-hydrogen) atoms. The van der Waals surface area contributed by atoms with Crippen molar-refractivity contribution in [2.24, 2.45) is 0 Å². The van der Waals surface area contributed by atoms with Gasteiger partial charge in [-0.3, -0.25) is 4.79 Å². The van der Waals surface area contributed by atoms with Gasteiger partial charge in [0.05, 0.1) is 16.5 Å². The molecule has 2 aromatic rings. The molecule has 0 saturated carbocycles. The Bertz CT molecular complexity index is 863. The van der Waals surface area contributed by atoms with Crippen LogP contribution in [0.15, 0.2) is 47.4 Å². The van der Waals surface area contributed by atoms with Crippen LogP contribution in [0.1, 0.15) is 27.0 Å². The lowest BCUT2D eigenvalue weighted by molar-refractivity contribution is 0.0981. The summed E-state index contributed by atoms with van der Waals surface area (Å²) >= 11 is 0. The van der Waals surface area contributed by atoms with Crippen LogP contribution < -0.4 is 4.72 Å². The van der Waals surface area contributed by atoms with E-state index in [1.807, 2.05) is 17.7 Å². The molecular weight excluding hydrogens is 300 g/mol. The van der Waals surface area contributed by atoms with Crippen LogP contribution in [0, 0.1) is 25.2 Å². The molecule has 0 fully saturated rings. The van der Waals surface area contributed by atoms with Crippen LogP contribution in [0.3, 0.4) is 0 Å². The Morgan fingerprint density at radius 3 is 2.23 bits per heavy atom. The summed E-state index contributed by atoms with van der Waals surface area (Å²) in [4.78, 5) is 12.1. The Kier molecular flexibility index (Phi) is 4.29. The van der Waals surface area contributed by atoms with Gasteiger partial charge in [0.1, 0.15) is 0 Å². The van der Waals surface area contributed by atoms with Crippen molar-refractivity contribution < 1.29 is 13.2 Å². The van der Waals surface area contributed by atoms with Crippen molar-refractivity contribution in [2.75, 3.05) is 0 Å². The van der Waals surface area contributed by atoms with E-state index >= 15 is 0 Å². The third kappa shape index (κ3) is 3.32. The van der Waals surface area contributed by atoms with Crippen LogP contribution in [0.25, 0.3) is 0 Å². The lowest BCUT2D eigenvalue weighted by atomic mass is 10.1. The van der Waals surface area contributed by atoms with Gasteiger partial charge in [-0.25, -0.2) is 13.1 Å². The summed E-state index contributed by atoms with van der Waals surface area (Å²) < 4.78 is 26.5. The molecule has 0 spiro atoms. The molecule has 1 amide bonds. The molecule has 0 unspecified atom stereocenters. The minimum absolute atomic E-state index is 0.0394. The van der Waals surface area contributed by atoms with E-state index < -0.39 is 15.9 Å². The minimum atomic E-state index is -3.93. The summed E-state index contributed by atoms with van der Waals surface area (Å²) in [5, 5.41) is 8.70. The first-order valence-corrected chi connectivity index (χ1v) is 7.96. The van der Waals surface area contributed by atoms with Gasteiger partial charge in [0, 0.05) is 5.56 Å². The van der Waals surface area contributed by atoms with Crippen LogP contribution >= 0.6 is 0 Å². The van der Waals surface area contributed by atoms with Gasteiger partial charge in [0.25, 0.3) is 15.9 Å². The van der Waals surface area contributed by atoms with Crippen molar-refractivity contribution in [3.8, 4) is 6.07 Å². The highest BCUT2D eigenvalue weighted by Crippen LogP contribution is 2.15. The molecule has 0 bridgehead atoms. The summed E-state index contributed by atoms with van der Waals surface area (Å²) in [5.74, 6) is -0.734. The van der Waals surface area contributed by atoms with Crippen molar-refractivity contribution in [3.63, 3.8) is 0 Å². The Morgan fingerprint density at radius 1 is 1.05 bits per heavy atom. The molecule has 0 atom stereocenters. The van der Waals surface area contributed by atoms with Gasteiger partial charge in [-0.2, -0.15) is 5.26 Å². The summed E-state index contributed by atoms with van der Waals surface area (Å²) in [6.07, 6.45) is 0. The second-order valence-electron chi connectivity index (χ2n) is 4.87. The number of nitrogens with zero attached hydrogens (tertiary/aromatic N) is 1. The molecule has 2 rings (SSSR count). The fourth-order valence-corrected chi connectivity index (χ4v) is 2.88. The zero-order valence-electron chi connectivity index (χ0n) is 12.1. The van der Waals surface area contributed by atoms with Crippen LogP contribution in [-0.2, 0) is 10.0 Å². The number of benzene rings is 2. The highest BCUT2D eigenvalue weighted by atomic mass is 32.2. The summed E-state index contributed by atoms with van der Waals surface area (Å²) in [6, 6.07) is 12.3. The van der Waals surface area contributed by atoms with E-state index in [2.05, 4.69) is 0 Å². The molecule has 0 heterocycles. The van der Waals surface area contributed by atoms with E-state index in [1.165, 1.54) is 36.4 Å². The number of carbonyl (C=O) groups excluding carboxylic acids is 1. The SMILES string of the molecule is Cc1ccc(S(=O)(=O)NC(=O)c2ccc(C#N)cc2)cc1C. The van der Waals surface area contributed by atoms with E-state index in [9.17, 15) is 13.2 Å². The number of aryl methyl sites for hydroxylation is 2. The van der Waals surface area contributed by atoms with E-state index in [1.54, 1.807) is 13.0 Å². The zero-order valence-corrected chi connectivity index (χ0v) is 12.9. The molecule has 0 aromatic heterocycles. The monoisotopic (exact) mass is 314 g/mol. The van der Waals surface area contributed by atoms with Crippen molar-refractivity contribution in [3.05, 3.63) is 64.7 Å². The number of carbonyl (C=O) groups is 1. The van der Waals surface area contributed by atoms with Gasteiger partial charge < -0.3 is 0 Å². The number of nitriles is 1. The Morgan fingerprint density at radius 2 is 1.68 bits per heavy atom. The number of nitrogens with one attached hydrogen (secondary N) is 1. The molecule has 0 saturated heterocycles. The van der Waals surface area contributed by atoms with Gasteiger partial charge in [-0.05, 0) is 61.4 Å². The maximum atomic E-state index is 12.2. The number of sulfonamides is 1. The summed E-state index contributed by atoms with van der Waals surface area (Å²) in [6.45, 7) is 3.68. The topological polar surface area (TPSA) is 87.0 Å². The molecule has 6 heteroatoms. The van der Waals surface area contributed by atoms with Gasteiger partial charge in [0.2, 0.25) is 0 Å². The molecule has 0 aliphatic heterocycles. The van der Waals surface area contributed by atoms with Crippen molar-refractivity contribution in [1.82, 2.24) is 4.72 Å². The third-order valence-corrected chi connectivity index (χ3v) is 4.62. The minimum Gasteiger partial charge on any atom is -0.268 e. The van der Waals surface area contributed by atoms with Crippen molar-refractivity contribution in [1.29, 1.82) is 5.26 Å². The van der Waals surface area contributed by atoms with Crippen molar-refractivity contribution in [2.45, 2.75) is 18.7 Å². The standard InChI is InChI=1S/C16H14N2O3S/c1-11-3-8-15(9-12(11)2)22(20,21)18-16(19)14-6-4-13(10-17)5-7-14/h3-9H,1-2H3,(H,18,19). The maximum absolute atomic E-state index is 12.2. The van der Waals surface area contributed by atoms with Crippen LogP contribution in [0.2, 0.25) is 0 Å². The number of hydrogen-bond donors (Lipinski definition) is 1. The lowest BCUT2D eigenvalue weighted by Crippen LogP contribution is -2.30. The van der Waals surface area contributed by atoms with Crippen molar-refractivity contribution >= 4 is 15.9 Å². The molecule has 112 valence electrons. The lowest BCUT2D eigenvalue weighted by Gasteiger charge is -2.09. The quantitative estimate of drug-likeness (QED) is 0.941. The molecule has 0 aliphatic rings. The second kappa shape index (κ2) is 6.00. The third-order valence-electron chi connectivity index (χ3n) is 3.29. The average molecular weight is 314 g/mol. The Labute approximate surface area is 129 Å². The van der Waals surface area contributed by atoms with Gasteiger partial charge in [0.15, 0.2) is 0 Å². The highest BCUT2D eigenvalue weighted by Gasteiger charge is 2.19. The van der Waals surface area contributed by atoms with E-state index in [0.29, 0.717) is 5.56 Å². The first-order chi connectivity index (χ1) is 10.3. The maximum Gasteiger partial charge on any atom is 0.264 e. The predicted molar refractivity (Wildman–Crippen MR) is 81.7 cm³/mol. The molecule has 5 nitrogen and oxygen atoms in total. The summed E-state index contributed by atoms with van der Waals surface area (Å²) in [7, 11) is -3.93. The van der Waals surface area contributed by atoms with Gasteiger partial charge >= 0.3 is 0 Å². The molecular formula is C16H14N2O3S. The zero-order chi connectivity index (χ0) is 16.3. The van der Waals surface area contributed by atoms with Crippen LogP contribution in [-0.4, -0.2) is 14.3 Å². The predicted octanol–water partition coefficient (Wildman–Crippen LogP) is 2.29. The number of hydrogen-bond acceptors (Lipinski definition) is 4.